The van der Waals surface area contributed by atoms with Crippen molar-refractivity contribution in [1.29, 1.82) is 0 Å². The van der Waals surface area contributed by atoms with Crippen molar-refractivity contribution in [2.75, 3.05) is 65.6 Å². The average molecular weight is 340 g/mol. The van der Waals surface area contributed by atoms with Crippen molar-refractivity contribution in [2.45, 2.75) is 40.0 Å². The van der Waals surface area contributed by atoms with Gasteiger partial charge in [0.05, 0.1) is 6.61 Å². The lowest BCUT2D eigenvalue weighted by Crippen LogP contribution is -2.47. The molecule has 0 saturated carbocycles. The minimum Gasteiger partial charge on any atom is -0.370 e. The van der Waals surface area contributed by atoms with Crippen LogP contribution in [0, 0.1) is 11.8 Å². The third-order valence-corrected chi connectivity index (χ3v) is 5.62. The maximum absolute atomic E-state index is 12.2. The van der Waals surface area contributed by atoms with Gasteiger partial charge in [0.15, 0.2) is 0 Å². The zero-order valence-corrected chi connectivity index (χ0v) is 16.0. The molecule has 2 saturated heterocycles. The van der Waals surface area contributed by atoms with Crippen molar-refractivity contribution < 1.29 is 9.53 Å². The van der Waals surface area contributed by atoms with Crippen LogP contribution in [0.3, 0.4) is 0 Å². The van der Waals surface area contributed by atoms with Crippen molar-refractivity contribution in [3.05, 3.63) is 0 Å². The molecule has 0 aliphatic carbocycles. The summed E-state index contributed by atoms with van der Waals surface area (Å²) in [6.07, 6.45) is 3.52. The largest absolute Gasteiger partial charge is 0.370 e. The number of piperazine rings is 1. The van der Waals surface area contributed by atoms with Gasteiger partial charge < -0.3 is 14.5 Å². The number of carbonyl (C=O) groups excluding carboxylic acids is 1. The molecule has 24 heavy (non-hydrogen) atoms. The molecule has 2 aliphatic heterocycles. The van der Waals surface area contributed by atoms with Crippen LogP contribution >= 0.6 is 0 Å². The third kappa shape index (κ3) is 6.34. The van der Waals surface area contributed by atoms with E-state index in [1.807, 2.05) is 4.90 Å². The van der Waals surface area contributed by atoms with E-state index in [0.29, 0.717) is 6.61 Å². The summed E-state index contributed by atoms with van der Waals surface area (Å²) in [6, 6.07) is 0. The highest BCUT2D eigenvalue weighted by molar-refractivity contribution is 5.77. The summed E-state index contributed by atoms with van der Waals surface area (Å²) in [7, 11) is 0. The van der Waals surface area contributed by atoms with Crippen LogP contribution in [0.25, 0.3) is 0 Å². The van der Waals surface area contributed by atoms with Gasteiger partial charge in [-0.1, -0.05) is 20.8 Å². The average Bonchev–Trinajstić information content (AvgIpc) is 2.60. The van der Waals surface area contributed by atoms with Gasteiger partial charge in [-0.3, -0.25) is 9.69 Å². The maximum atomic E-state index is 12.2. The summed E-state index contributed by atoms with van der Waals surface area (Å²) in [5, 5.41) is 0. The summed E-state index contributed by atoms with van der Waals surface area (Å²) >= 11 is 0. The standard InChI is InChI=1S/C19H37N3O2/c1-4-7-20-10-12-21(13-11-20)14-15-24-16-19(23)22-8-5-18(6-9-22)17(2)3/h17-18H,4-16H2,1-3H3. The molecule has 5 nitrogen and oxygen atoms in total. The van der Waals surface area contributed by atoms with Gasteiger partial charge in [0.1, 0.15) is 6.61 Å². The number of ether oxygens (including phenoxy) is 1. The van der Waals surface area contributed by atoms with Crippen LogP contribution in [-0.4, -0.2) is 86.2 Å². The SMILES string of the molecule is CCCN1CCN(CCOCC(=O)N2CCC(C(C)C)CC2)CC1. The zero-order chi connectivity index (χ0) is 17.4. The third-order valence-electron chi connectivity index (χ3n) is 5.62. The summed E-state index contributed by atoms with van der Waals surface area (Å²) in [5.74, 6) is 1.68. The molecule has 1 amide bonds. The maximum Gasteiger partial charge on any atom is 0.248 e. The molecular formula is C19H37N3O2. The first-order valence-electron chi connectivity index (χ1n) is 9.90. The molecule has 140 valence electrons. The molecule has 2 heterocycles. The van der Waals surface area contributed by atoms with E-state index in [9.17, 15) is 4.79 Å². The molecule has 5 heteroatoms. The van der Waals surface area contributed by atoms with Crippen molar-refractivity contribution in [2.24, 2.45) is 11.8 Å². The Bertz CT molecular complexity index is 360. The van der Waals surface area contributed by atoms with Crippen LogP contribution in [0.5, 0.6) is 0 Å². The number of nitrogens with zero attached hydrogens (tertiary/aromatic N) is 3. The number of amides is 1. The van der Waals surface area contributed by atoms with Crippen LogP contribution in [0.15, 0.2) is 0 Å². The number of hydrogen-bond acceptors (Lipinski definition) is 4. The molecule has 2 fully saturated rings. The van der Waals surface area contributed by atoms with Gasteiger partial charge in [0.25, 0.3) is 0 Å². The monoisotopic (exact) mass is 339 g/mol. The Morgan fingerprint density at radius 2 is 1.58 bits per heavy atom. The molecule has 0 radical (unpaired) electrons. The summed E-state index contributed by atoms with van der Waals surface area (Å²) < 4.78 is 5.65. The Balaban J connectivity index is 1.53. The van der Waals surface area contributed by atoms with E-state index in [0.717, 1.165) is 70.5 Å². The van der Waals surface area contributed by atoms with Crippen molar-refractivity contribution in [3.63, 3.8) is 0 Å². The topological polar surface area (TPSA) is 36.0 Å². The second-order valence-corrected chi connectivity index (χ2v) is 7.70. The minimum atomic E-state index is 0.171. The molecule has 0 spiro atoms. The molecule has 0 N–H and O–H groups in total. The van der Waals surface area contributed by atoms with E-state index >= 15 is 0 Å². The van der Waals surface area contributed by atoms with Gasteiger partial charge in [-0.15, -0.1) is 0 Å². The fourth-order valence-corrected chi connectivity index (χ4v) is 3.81. The highest BCUT2D eigenvalue weighted by atomic mass is 16.5. The number of hydrogen-bond donors (Lipinski definition) is 0. The van der Waals surface area contributed by atoms with E-state index in [1.165, 1.54) is 13.0 Å². The van der Waals surface area contributed by atoms with E-state index < -0.39 is 0 Å². The van der Waals surface area contributed by atoms with Gasteiger partial charge in [-0.05, 0) is 37.6 Å². The summed E-state index contributed by atoms with van der Waals surface area (Å²) in [4.78, 5) is 19.2. The first-order valence-corrected chi connectivity index (χ1v) is 9.90. The normalized spacial score (nSPS) is 21.6. The lowest BCUT2D eigenvalue weighted by Gasteiger charge is -2.35. The number of rotatable bonds is 8. The molecule has 0 aromatic heterocycles. The Labute approximate surface area is 148 Å². The fraction of sp³-hybridized carbons (Fsp3) is 0.947. The second kappa shape index (κ2) is 10.4. The van der Waals surface area contributed by atoms with E-state index in [4.69, 9.17) is 4.74 Å². The zero-order valence-electron chi connectivity index (χ0n) is 16.0. The smallest absolute Gasteiger partial charge is 0.248 e. The lowest BCUT2D eigenvalue weighted by molar-refractivity contribution is -0.137. The summed E-state index contributed by atoms with van der Waals surface area (Å²) in [6.45, 7) is 16.3. The van der Waals surface area contributed by atoms with Crippen molar-refractivity contribution in [1.82, 2.24) is 14.7 Å². The van der Waals surface area contributed by atoms with E-state index in [2.05, 4.69) is 30.6 Å². The molecule has 0 bridgehead atoms. The lowest BCUT2D eigenvalue weighted by atomic mass is 9.87. The molecule has 2 rings (SSSR count). The predicted molar refractivity (Wildman–Crippen MR) is 98.1 cm³/mol. The molecule has 0 aromatic rings. The molecule has 2 aliphatic rings. The van der Waals surface area contributed by atoms with Crippen molar-refractivity contribution in [3.8, 4) is 0 Å². The van der Waals surface area contributed by atoms with Crippen LogP contribution in [0.2, 0.25) is 0 Å². The predicted octanol–water partition coefficient (Wildman–Crippen LogP) is 1.93. The van der Waals surface area contributed by atoms with E-state index in [-0.39, 0.29) is 12.5 Å². The Morgan fingerprint density at radius 3 is 2.12 bits per heavy atom. The van der Waals surface area contributed by atoms with Crippen LogP contribution in [0.4, 0.5) is 0 Å². The molecule has 0 atom stereocenters. The molecule has 0 aromatic carbocycles. The fourth-order valence-electron chi connectivity index (χ4n) is 3.81. The Kier molecular flexibility index (Phi) is 8.50. The van der Waals surface area contributed by atoms with E-state index in [1.54, 1.807) is 0 Å². The van der Waals surface area contributed by atoms with Gasteiger partial charge in [0, 0.05) is 45.8 Å². The van der Waals surface area contributed by atoms with Gasteiger partial charge in [0.2, 0.25) is 5.91 Å². The Hall–Kier alpha value is -0.650. The highest BCUT2D eigenvalue weighted by Crippen LogP contribution is 2.24. The van der Waals surface area contributed by atoms with Crippen LogP contribution in [0.1, 0.15) is 40.0 Å². The highest BCUT2D eigenvalue weighted by Gasteiger charge is 2.24. The van der Waals surface area contributed by atoms with Crippen molar-refractivity contribution >= 4 is 5.91 Å². The molecular weight excluding hydrogens is 302 g/mol. The quantitative estimate of drug-likeness (QED) is 0.633. The second-order valence-electron chi connectivity index (χ2n) is 7.70. The number of piperidine rings is 1. The number of likely N-dealkylation sites (tertiary alicyclic amines) is 1. The van der Waals surface area contributed by atoms with Crippen LogP contribution < -0.4 is 0 Å². The first-order chi connectivity index (χ1) is 11.6. The van der Waals surface area contributed by atoms with Gasteiger partial charge in [-0.2, -0.15) is 0 Å². The first kappa shape index (κ1) is 19.7. The van der Waals surface area contributed by atoms with Crippen LogP contribution in [-0.2, 0) is 9.53 Å². The summed E-state index contributed by atoms with van der Waals surface area (Å²) in [5.41, 5.74) is 0. The Morgan fingerprint density at radius 1 is 1.00 bits per heavy atom. The number of carbonyl (C=O) groups is 1. The van der Waals surface area contributed by atoms with Gasteiger partial charge >= 0.3 is 0 Å². The minimum absolute atomic E-state index is 0.171. The molecule has 0 unspecified atom stereocenters. The van der Waals surface area contributed by atoms with Gasteiger partial charge in [-0.25, -0.2) is 0 Å².